The van der Waals surface area contributed by atoms with Crippen molar-refractivity contribution in [3.63, 3.8) is 0 Å². The Morgan fingerprint density at radius 3 is 2.64 bits per heavy atom. The molecule has 4 heteroatoms. The van der Waals surface area contributed by atoms with Crippen LogP contribution in [-0.4, -0.2) is 18.1 Å². The van der Waals surface area contributed by atoms with Crippen LogP contribution in [0.4, 0.5) is 0 Å². The molecule has 1 rings (SSSR count). The lowest BCUT2D eigenvalue weighted by molar-refractivity contribution is 0.0999. The van der Waals surface area contributed by atoms with Crippen LogP contribution in [0.15, 0.2) is 12.1 Å². The number of methoxy groups -OCH3 is 1. The smallest absolute Gasteiger partial charge is 0.249 e. The topological polar surface area (TPSA) is 72.6 Å². The standard InChI is InChI=1S/C10H13NO3/c1-6-8(10(11)13)4-3-7(5-12)9(6)14-2/h3-4,12H,5H2,1-2H3,(H2,11,13). The maximum atomic E-state index is 11.0. The minimum absolute atomic E-state index is 0.122. The van der Waals surface area contributed by atoms with Crippen molar-refractivity contribution in [2.45, 2.75) is 13.5 Å². The molecule has 1 aromatic carbocycles. The van der Waals surface area contributed by atoms with Gasteiger partial charge in [-0.2, -0.15) is 0 Å². The number of carbonyl (C=O) groups excluding carboxylic acids is 1. The Balaban J connectivity index is 3.34. The third-order valence-electron chi connectivity index (χ3n) is 2.13. The Morgan fingerprint density at radius 1 is 1.57 bits per heavy atom. The predicted molar refractivity (Wildman–Crippen MR) is 52.2 cm³/mol. The van der Waals surface area contributed by atoms with Gasteiger partial charge in [0.1, 0.15) is 5.75 Å². The largest absolute Gasteiger partial charge is 0.496 e. The summed E-state index contributed by atoms with van der Waals surface area (Å²) in [5, 5.41) is 9.01. The number of benzene rings is 1. The minimum atomic E-state index is -0.495. The van der Waals surface area contributed by atoms with E-state index < -0.39 is 5.91 Å². The number of carbonyl (C=O) groups is 1. The van der Waals surface area contributed by atoms with E-state index in [4.69, 9.17) is 15.6 Å². The van der Waals surface area contributed by atoms with Crippen molar-refractivity contribution >= 4 is 5.91 Å². The van der Waals surface area contributed by atoms with Crippen LogP contribution in [0.1, 0.15) is 21.5 Å². The number of ether oxygens (including phenoxy) is 1. The van der Waals surface area contributed by atoms with Gasteiger partial charge in [-0.15, -0.1) is 0 Å². The van der Waals surface area contributed by atoms with E-state index >= 15 is 0 Å². The van der Waals surface area contributed by atoms with Gasteiger partial charge in [0.05, 0.1) is 13.7 Å². The van der Waals surface area contributed by atoms with Crippen LogP contribution in [0.5, 0.6) is 5.75 Å². The Bertz CT molecular complexity index is 361. The highest BCUT2D eigenvalue weighted by Gasteiger charge is 2.12. The predicted octanol–water partition coefficient (Wildman–Crippen LogP) is 0.595. The van der Waals surface area contributed by atoms with Crippen molar-refractivity contribution in [1.29, 1.82) is 0 Å². The summed E-state index contributed by atoms with van der Waals surface area (Å²) in [4.78, 5) is 11.0. The quantitative estimate of drug-likeness (QED) is 0.741. The number of nitrogens with two attached hydrogens (primary N) is 1. The molecule has 0 spiro atoms. The van der Waals surface area contributed by atoms with E-state index in [0.717, 1.165) is 0 Å². The summed E-state index contributed by atoms with van der Waals surface area (Å²) in [6, 6.07) is 3.22. The molecule has 14 heavy (non-hydrogen) atoms. The molecular formula is C10H13NO3. The Hall–Kier alpha value is -1.55. The van der Waals surface area contributed by atoms with E-state index in [1.54, 1.807) is 19.1 Å². The number of primary amides is 1. The first kappa shape index (κ1) is 10.5. The van der Waals surface area contributed by atoms with E-state index in [9.17, 15) is 4.79 Å². The van der Waals surface area contributed by atoms with Gasteiger partial charge in [-0.3, -0.25) is 4.79 Å². The maximum absolute atomic E-state index is 11.0. The molecule has 0 aliphatic heterocycles. The number of hydrogen-bond donors (Lipinski definition) is 2. The van der Waals surface area contributed by atoms with Crippen molar-refractivity contribution in [2.24, 2.45) is 5.73 Å². The Morgan fingerprint density at radius 2 is 2.21 bits per heavy atom. The van der Waals surface area contributed by atoms with Gasteiger partial charge >= 0.3 is 0 Å². The van der Waals surface area contributed by atoms with Crippen LogP contribution in [0, 0.1) is 6.92 Å². The monoisotopic (exact) mass is 195 g/mol. The second-order valence-electron chi connectivity index (χ2n) is 2.95. The zero-order valence-corrected chi connectivity index (χ0v) is 8.20. The lowest BCUT2D eigenvalue weighted by Gasteiger charge is -2.11. The second-order valence-corrected chi connectivity index (χ2v) is 2.95. The first-order valence-electron chi connectivity index (χ1n) is 4.19. The van der Waals surface area contributed by atoms with Gasteiger partial charge in [-0.25, -0.2) is 0 Å². The van der Waals surface area contributed by atoms with E-state index in [-0.39, 0.29) is 6.61 Å². The van der Waals surface area contributed by atoms with Gasteiger partial charge < -0.3 is 15.6 Å². The average Bonchev–Trinajstić information content (AvgIpc) is 2.16. The summed E-state index contributed by atoms with van der Waals surface area (Å²) in [5.41, 5.74) is 6.90. The molecule has 1 amide bonds. The third-order valence-corrected chi connectivity index (χ3v) is 2.13. The molecule has 0 aliphatic rings. The SMILES string of the molecule is COc1c(CO)ccc(C(N)=O)c1C. The fraction of sp³-hybridized carbons (Fsp3) is 0.300. The number of amides is 1. The van der Waals surface area contributed by atoms with Gasteiger partial charge in [0.25, 0.3) is 0 Å². The molecule has 0 unspecified atom stereocenters. The second kappa shape index (κ2) is 4.11. The lowest BCUT2D eigenvalue weighted by atomic mass is 10.0. The van der Waals surface area contributed by atoms with Crippen LogP contribution >= 0.6 is 0 Å². The molecular weight excluding hydrogens is 182 g/mol. The highest BCUT2D eigenvalue weighted by atomic mass is 16.5. The van der Waals surface area contributed by atoms with E-state index in [0.29, 0.717) is 22.4 Å². The molecule has 0 fully saturated rings. The van der Waals surface area contributed by atoms with Gasteiger partial charge in [0.2, 0.25) is 5.91 Å². The molecule has 3 N–H and O–H groups in total. The summed E-state index contributed by atoms with van der Waals surface area (Å²) in [5.74, 6) is 0.0223. The van der Waals surface area contributed by atoms with Crippen molar-refractivity contribution in [2.75, 3.05) is 7.11 Å². The van der Waals surface area contributed by atoms with Crippen molar-refractivity contribution < 1.29 is 14.6 Å². The van der Waals surface area contributed by atoms with Crippen molar-refractivity contribution in [1.82, 2.24) is 0 Å². The molecule has 4 nitrogen and oxygen atoms in total. The van der Waals surface area contributed by atoms with E-state index in [2.05, 4.69) is 0 Å². The molecule has 0 atom stereocenters. The van der Waals surface area contributed by atoms with Crippen LogP contribution in [0.3, 0.4) is 0 Å². The van der Waals surface area contributed by atoms with Crippen LogP contribution < -0.4 is 10.5 Å². The van der Waals surface area contributed by atoms with Crippen molar-refractivity contribution in [3.05, 3.63) is 28.8 Å². The molecule has 0 bridgehead atoms. The number of aliphatic hydroxyl groups is 1. The lowest BCUT2D eigenvalue weighted by Crippen LogP contribution is -2.13. The van der Waals surface area contributed by atoms with Crippen LogP contribution in [0.25, 0.3) is 0 Å². The first-order chi connectivity index (χ1) is 6.61. The summed E-state index contributed by atoms with van der Waals surface area (Å²) in [6.07, 6.45) is 0. The highest BCUT2D eigenvalue weighted by Crippen LogP contribution is 2.26. The Labute approximate surface area is 82.3 Å². The van der Waals surface area contributed by atoms with Gasteiger partial charge in [0, 0.05) is 16.7 Å². The normalized spacial score (nSPS) is 9.93. The number of rotatable bonds is 3. The fourth-order valence-electron chi connectivity index (χ4n) is 1.42. The van der Waals surface area contributed by atoms with Gasteiger partial charge in [-0.1, -0.05) is 6.07 Å². The highest BCUT2D eigenvalue weighted by molar-refractivity contribution is 5.95. The Kier molecular flexibility index (Phi) is 3.09. The molecule has 76 valence electrons. The molecule has 0 saturated heterocycles. The minimum Gasteiger partial charge on any atom is -0.496 e. The molecule has 0 radical (unpaired) electrons. The van der Waals surface area contributed by atoms with Crippen molar-refractivity contribution in [3.8, 4) is 5.75 Å². The maximum Gasteiger partial charge on any atom is 0.249 e. The summed E-state index contributed by atoms with van der Waals surface area (Å²) < 4.78 is 5.09. The van der Waals surface area contributed by atoms with Crippen LogP contribution in [-0.2, 0) is 6.61 Å². The summed E-state index contributed by atoms with van der Waals surface area (Å²) >= 11 is 0. The number of aliphatic hydroxyl groups excluding tert-OH is 1. The molecule has 1 aromatic rings. The summed E-state index contributed by atoms with van der Waals surface area (Å²) in [7, 11) is 1.49. The van der Waals surface area contributed by atoms with E-state index in [1.165, 1.54) is 7.11 Å². The first-order valence-corrected chi connectivity index (χ1v) is 4.19. The van der Waals surface area contributed by atoms with Crippen LogP contribution in [0.2, 0.25) is 0 Å². The molecule has 0 saturated carbocycles. The zero-order valence-electron chi connectivity index (χ0n) is 8.20. The molecule has 0 aromatic heterocycles. The molecule has 0 aliphatic carbocycles. The third kappa shape index (κ3) is 1.70. The summed E-state index contributed by atoms with van der Waals surface area (Å²) in [6.45, 7) is 1.61. The molecule has 0 heterocycles. The average molecular weight is 195 g/mol. The fourth-order valence-corrected chi connectivity index (χ4v) is 1.42. The van der Waals surface area contributed by atoms with Gasteiger partial charge in [-0.05, 0) is 13.0 Å². The zero-order chi connectivity index (χ0) is 10.7. The van der Waals surface area contributed by atoms with E-state index in [1.807, 2.05) is 0 Å². The number of hydrogen-bond acceptors (Lipinski definition) is 3. The van der Waals surface area contributed by atoms with Gasteiger partial charge in [0.15, 0.2) is 0 Å².